The molecule has 0 aromatic rings. The van der Waals surface area contributed by atoms with Gasteiger partial charge in [0.2, 0.25) is 0 Å². The van der Waals surface area contributed by atoms with Crippen LogP contribution in [0.4, 0.5) is 9.59 Å². The minimum absolute atomic E-state index is 0.189. The highest BCUT2D eigenvalue weighted by Crippen LogP contribution is 2.01. The number of carbonyl (C=O) groups excluding carboxylic acids is 2. The van der Waals surface area contributed by atoms with E-state index in [9.17, 15) is 19.2 Å². The molecule has 0 unspecified atom stereocenters. The van der Waals surface area contributed by atoms with Crippen LogP contribution in [0.15, 0.2) is 0 Å². The first-order valence-electron chi connectivity index (χ1n) is 7.27. The Kier molecular flexibility index (Phi) is 9.88. The molecule has 0 aliphatic carbocycles. The van der Waals surface area contributed by atoms with E-state index in [1.54, 1.807) is 6.92 Å². The number of aliphatic carboxylic acids is 2. The van der Waals surface area contributed by atoms with E-state index in [-0.39, 0.29) is 18.9 Å². The lowest BCUT2D eigenvalue weighted by molar-refractivity contribution is -0.140. The summed E-state index contributed by atoms with van der Waals surface area (Å²) in [6, 6.07) is -2.70. The molecule has 0 saturated carbocycles. The monoisotopic (exact) mass is 332 g/mol. The van der Waals surface area contributed by atoms with E-state index in [1.165, 1.54) is 0 Å². The van der Waals surface area contributed by atoms with E-state index in [0.29, 0.717) is 19.4 Å². The van der Waals surface area contributed by atoms with Gasteiger partial charge in [-0.1, -0.05) is 0 Å². The van der Waals surface area contributed by atoms with Gasteiger partial charge in [-0.2, -0.15) is 0 Å². The summed E-state index contributed by atoms with van der Waals surface area (Å²) in [6.45, 7) is 2.21. The zero-order chi connectivity index (χ0) is 17.8. The van der Waals surface area contributed by atoms with E-state index >= 15 is 0 Å². The summed E-state index contributed by atoms with van der Waals surface area (Å²) in [5, 5.41) is 24.7. The highest BCUT2D eigenvalue weighted by atomic mass is 16.4. The minimum atomic E-state index is -1.29. The van der Waals surface area contributed by atoms with Gasteiger partial charge in [0, 0.05) is 19.0 Å². The Morgan fingerprint density at radius 2 is 1.70 bits per heavy atom. The van der Waals surface area contributed by atoms with Gasteiger partial charge in [-0.15, -0.1) is 0 Å². The number of carbonyl (C=O) groups is 4. The minimum Gasteiger partial charge on any atom is -0.481 e. The number of rotatable bonds is 11. The van der Waals surface area contributed by atoms with Crippen LogP contribution >= 0.6 is 0 Å². The fourth-order valence-corrected chi connectivity index (χ4v) is 1.81. The standard InChI is InChI=1S/C13H24N4O6/c1-8(4-2-3-7-15-12(14)22)16-13(23)17-9(11(20)21)5-6-10(18)19/h8-9H,2-7H2,1H3,(H,18,19)(H,20,21)(H3,14,15,22)(H2,16,17,23)/t8-,9+/m1/s1. The van der Waals surface area contributed by atoms with E-state index in [1.807, 2.05) is 0 Å². The molecule has 0 rings (SSSR count). The first kappa shape index (κ1) is 20.5. The van der Waals surface area contributed by atoms with Crippen LogP contribution in [-0.2, 0) is 9.59 Å². The number of nitrogens with two attached hydrogens (primary N) is 1. The molecule has 23 heavy (non-hydrogen) atoms. The number of hydrogen-bond donors (Lipinski definition) is 6. The Bertz CT molecular complexity index is 429. The van der Waals surface area contributed by atoms with Crippen molar-refractivity contribution in [3.05, 3.63) is 0 Å². The third-order valence-corrected chi connectivity index (χ3v) is 2.99. The molecule has 0 saturated heterocycles. The molecular formula is C13H24N4O6. The van der Waals surface area contributed by atoms with E-state index in [0.717, 1.165) is 6.42 Å². The van der Waals surface area contributed by atoms with Gasteiger partial charge in [0.05, 0.1) is 0 Å². The number of amides is 4. The lowest BCUT2D eigenvalue weighted by atomic mass is 10.1. The number of carboxylic acids is 2. The van der Waals surface area contributed by atoms with Crippen molar-refractivity contribution in [3.8, 4) is 0 Å². The molecule has 10 heteroatoms. The van der Waals surface area contributed by atoms with Gasteiger partial charge in [0.15, 0.2) is 0 Å². The molecule has 10 nitrogen and oxygen atoms in total. The third-order valence-electron chi connectivity index (χ3n) is 2.99. The summed E-state index contributed by atoms with van der Waals surface area (Å²) >= 11 is 0. The van der Waals surface area contributed by atoms with Crippen LogP contribution in [-0.4, -0.2) is 52.8 Å². The van der Waals surface area contributed by atoms with Gasteiger partial charge in [0.25, 0.3) is 0 Å². The van der Waals surface area contributed by atoms with Crippen LogP contribution in [0.2, 0.25) is 0 Å². The molecule has 2 atom stereocenters. The first-order chi connectivity index (χ1) is 10.7. The van der Waals surface area contributed by atoms with Crippen LogP contribution in [0.3, 0.4) is 0 Å². The third kappa shape index (κ3) is 11.8. The number of nitrogens with one attached hydrogen (secondary N) is 3. The first-order valence-corrected chi connectivity index (χ1v) is 7.27. The average molecular weight is 332 g/mol. The second kappa shape index (κ2) is 11.1. The molecule has 0 aromatic carbocycles. The number of urea groups is 2. The largest absolute Gasteiger partial charge is 0.481 e. The molecule has 0 heterocycles. The summed E-state index contributed by atoms with van der Waals surface area (Å²) in [4.78, 5) is 43.5. The van der Waals surface area contributed by atoms with Crippen LogP contribution in [0.1, 0.15) is 39.0 Å². The normalized spacial score (nSPS) is 12.7. The maximum atomic E-state index is 11.7. The highest BCUT2D eigenvalue weighted by molar-refractivity contribution is 5.83. The van der Waals surface area contributed by atoms with Crippen LogP contribution in [0.5, 0.6) is 0 Å². The number of hydrogen-bond acceptors (Lipinski definition) is 4. The van der Waals surface area contributed by atoms with Crippen molar-refractivity contribution in [2.45, 2.75) is 51.1 Å². The van der Waals surface area contributed by atoms with Crippen molar-refractivity contribution >= 4 is 24.0 Å². The number of primary amides is 1. The zero-order valence-electron chi connectivity index (χ0n) is 13.0. The van der Waals surface area contributed by atoms with Crippen LogP contribution in [0, 0.1) is 0 Å². The lowest BCUT2D eigenvalue weighted by Gasteiger charge is -2.18. The molecule has 0 aliphatic heterocycles. The Labute approximate surface area is 133 Å². The molecule has 7 N–H and O–H groups in total. The van der Waals surface area contributed by atoms with Crippen molar-refractivity contribution in [2.75, 3.05) is 6.54 Å². The topological polar surface area (TPSA) is 171 Å². The van der Waals surface area contributed by atoms with Crippen LogP contribution < -0.4 is 21.7 Å². The van der Waals surface area contributed by atoms with E-state index in [4.69, 9.17) is 15.9 Å². The fraction of sp³-hybridized carbons (Fsp3) is 0.692. The molecule has 0 spiro atoms. The Morgan fingerprint density at radius 3 is 2.22 bits per heavy atom. The maximum Gasteiger partial charge on any atom is 0.326 e. The van der Waals surface area contributed by atoms with Gasteiger partial charge in [0.1, 0.15) is 6.04 Å². The summed E-state index contributed by atoms with van der Waals surface area (Å²) < 4.78 is 0. The second-order valence-electron chi connectivity index (χ2n) is 5.13. The van der Waals surface area contributed by atoms with Crippen molar-refractivity contribution < 1.29 is 29.4 Å². The quantitative estimate of drug-likeness (QED) is 0.287. The number of unbranched alkanes of at least 4 members (excludes halogenated alkanes) is 1. The Morgan fingerprint density at radius 1 is 1.04 bits per heavy atom. The molecular weight excluding hydrogens is 308 g/mol. The lowest BCUT2D eigenvalue weighted by Crippen LogP contribution is -2.48. The van der Waals surface area contributed by atoms with Crippen LogP contribution in [0.25, 0.3) is 0 Å². The second-order valence-corrected chi connectivity index (χ2v) is 5.13. The predicted molar refractivity (Wildman–Crippen MR) is 80.9 cm³/mol. The zero-order valence-corrected chi connectivity index (χ0v) is 13.0. The van der Waals surface area contributed by atoms with Crippen molar-refractivity contribution in [3.63, 3.8) is 0 Å². The average Bonchev–Trinajstić information content (AvgIpc) is 2.42. The van der Waals surface area contributed by atoms with Gasteiger partial charge in [-0.3, -0.25) is 4.79 Å². The van der Waals surface area contributed by atoms with Crippen molar-refractivity contribution in [1.29, 1.82) is 0 Å². The predicted octanol–water partition coefficient (Wildman–Crippen LogP) is -0.169. The number of carboxylic acid groups (broad SMARTS) is 2. The molecule has 0 bridgehead atoms. The summed E-state index contributed by atoms with van der Waals surface area (Å²) in [6.07, 6.45) is 1.54. The smallest absolute Gasteiger partial charge is 0.326 e. The van der Waals surface area contributed by atoms with Crippen molar-refractivity contribution in [1.82, 2.24) is 16.0 Å². The van der Waals surface area contributed by atoms with Gasteiger partial charge < -0.3 is 31.9 Å². The molecule has 0 radical (unpaired) electrons. The summed E-state index contributed by atoms with van der Waals surface area (Å²) in [5.74, 6) is -2.41. The van der Waals surface area contributed by atoms with E-state index in [2.05, 4.69) is 16.0 Å². The van der Waals surface area contributed by atoms with Crippen molar-refractivity contribution in [2.24, 2.45) is 5.73 Å². The van der Waals surface area contributed by atoms with Gasteiger partial charge in [-0.05, 0) is 32.6 Å². The van der Waals surface area contributed by atoms with E-state index < -0.39 is 30.0 Å². The van der Waals surface area contributed by atoms with Gasteiger partial charge >= 0.3 is 24.0 Å². The summed E-state index contributed by atoms with van der Waals surface area (Å²) in [7, 11) is 0. The molecule has 4 amide bonds. The Balaban J connectivity index is 4.02. The fourth-order valence-electron chi connectivity index (χ4n) is 1.81. The molecule has 0 fully saturated rings. The maximum absolute atomic E-state index is 11.7. The molecule has 0 aliphatic rings. The Hall–Kier alpha value is -2.52. The molecule has 132 valence electrons. The summed E-state index contributed by atoms with van der Waals surface area (Å²) in [5.41, 5.74) is 4.91. The molecule has 0 aromatic heterocycles. The highest BCUT2D eigenvalue weighted by Gasteiger charge is 2.21. The van der Waals surface area contributed by atoms with Gasteiger partial charge in [-0.25, -0.2) is 14.4 Å². The SMILES string of the molecule is C[C@H](CCCCNC(N)=O)NC(=O)N[C@@H](CCC(=O)O)C(=O)O.